The predicted molar refractivity (Wildman–Crippen MR) is 304 cm³/mol. The smallest absolute Gasteiger partial charge is 0.497 e. The Bertz CT molecular complexity index is 2790. The molecule has 12 heteroatoms. The lowest BCUT2D eigenvalue weighted by Crippen LogP contribution is -2.05. The highest BCUT2D eigenvalue weighted by atomic mass is 31.2. The van der Waals surface area contributed by atoms with Crippen molar-refractivity contribution in [2.75, 3.05) is 28.4 Å². The average molecular weight is 1050 g/mol. The van der Waals surface area contributed by atoms with E-state index in [1.807, 2.05) is 100 Å². The molecule has 0 N–H and O–H groups in total. The Morgan fingerprint density at radius 2 is 0.757 bits per heavy atom. The fourth-order valence-electron chi connectivity index (χ4n) is 9.31. The zero-order valence-electron chi connectivity index (χ0n) is 45.5. The van der Waals surface area contributed by atoms with E-state index in [-0.39, 0.29) is 0 Å². The molecule has 6 aromatic carbocycles. The highest BCUT2D eigenvalue weighted by molar-refractivity contribution is 7.43. The van der Waals surface area contributed by atoms with Crippen molar-refractivity contribution in [2.45, 2.75) is 144 Å². The summed E-state index contributed by atoms with van der Waals surface area (Å²) >= 11 is 0. The van der Waals surface area contributed by atoms with Gasteiger partial charge in [-0.25, -0.2) is 0 Å². The zero-order chi connectivity index (χ0) is 52.4. The molecule has 1 heterocycles. The summed E-state index contributed by atoms with van der Waals surface area (Å²) < 4.78 is 64.5. The molecule has 0 amide bonds. The molecule has 7 rings (SSSR count). The van der Waals surface area contributed by atoms with Gasteiger partial charge in [-0.15, -0.1) is 0 Å². The van der Waals surface area contributed by atoms with Crippen LogP contribution in [-0.4, -0.2) is 28.4 Å². The third-order valence-corrected chi connectivity index (χ3v) is 15.6. The molecule has 0 bridgehead atoms. The summed E-state index contributed by atoms with van der Waals surface area (Å²) in [5.41, 5.74) is 8.43. The van der Waals surface area contributed by atoms with Gasteiger partial charge in [0.1, 0.15) is 57.2 Å². The maximum atomic E-state index is 7.07. The first-order chi connectivity index (χ1) is 36.0. The first kappa shape index (κ1) is 55.8. The van der Waals surface area contributed by atoms with Crippen molar-refractivity contribution < 1.29 is 45.4 Å². The average Bonchev–Trinajstić information content (AvgIpc) is 3.56. The number of hydrogen-bond donors (Lipinski definition) is 0. The number of unbranched alkanes of at least 4 members (excludes halogenated alkanes) is 12. The van der Waals surface area contributed by atoms with Crippen molar-refractivity contribution in [1.82, 2.24) is 0 Å². The molecule has 0 aliphatic carbocycles. The number of benzene rings is 6. The molecule has 7 aromatic rings. The summed E-state index contributed by atoms with van der Waals surface area (Å²) in [6, 6.07) is 32.2. The molecule has 396 valence electrons. The second-order valence-electron chi connectivity index (χ2n) is 19.3. The third kappa shape index (κ3) is 15.1. The van der Waals surface area contributed by atoms with Crippen molar-refractivity contribution in [1.29, 1.82) is 0 Å². The molecule has 10 nitrogen and oxygen atoms in total. The van der Waals surface area contributed by atoms with Crippen molar-refractivity contribution in [3.63, 3.8) is 0 Å². The number of aryl methyl sites for hydroxylation is 6. The van der Waals surface area contributed by atoms with Crippen molar-refractivity contribution in [2.24, 2.45) is 0 Å². The summed E-state index contributed by atoms with van der Waals surface area (Å²) in [5, 5.41) is 1.61. The van der Waals surface area contributed by atoms with Gasteiger partial charge < -0.3 is 45.4 Å². The van der Waals surface area contributed by atoms with Gasteiger partial charge in [-0.1, -0.05) is 115 Å². The molecular weight excluding hydrogens is 967 g/mol. The summed E-state index contributed by atoms with van der Waals surface area (Å²) in [5.74, 6) is 4.96. The Kier molecular flexibility index (Phi) is 21.2. The highest BCUT2D eigenvalue weighted by Crippen LogP contribution is 2.52. The van der Waals surface area contributed by atoms with E-state index >= 15 is 0 Å². The molecule has 0 aliphatic heterocycles. The standard InChI is InChI=1S/C62H78O10P2/c1-11-13-15-17-19-21-23-25-47-27-31-49(32-28-47)67-73(68-50-33-29-48(30-34-50)26-24-22-20-18-16-14-12-2)69-59-43(3)35-51(63-7)39-55(59)56-40-52(64-8)36-44(4)60(56)70-74-71-61-45(5)37-53(65-9)41-57(61)58-42-54(66-10)38-46(6)62(58)72-74/h27-42H,11-26H2,1-10H3. The fourth-order valence-corrected chi connectivity index (χ4v) is 11.7. The Morgan fingerprint density at radius 3 is 1.18 bits per heavy atom. The lowest BCUT2D eigenvalue weighted by Gasteiger charge is -2.23. The molecule has 0 atom stereocenters. The topological polar surface area (TPSA) is 100 Å². The molecule has 0 radical (unpaired) electrons. The van der Waals surface area contributed by atoms with Crippen molar-refractivity contribution in [3.8, 4) is 57.1 Å². The van der Waals surface area contributed by atoms with E-state index in [4.69, 9.17) is 45.4 Å². The van der Waals surface area contributed by atoms with E-state index in [9.17, 15) is 0 Å². The van der Waals surface area contributed by atoms with Gasteiger partial charge >= 0.3 is 16.8 Å². The number of fused-ring (bicyclic) bond motifs is 3. The lowest BCUT2D eigenvalue weighted by molar-refractivity contribution is 0.385. The molecular formula is C62H78O10P2. The Hall–Kier alpha value is -5.95. The van der Waals surface area contributed by atoms with E-state index in [0.717, 1.165) is 45.9 Å². The fraction of sp³-hybridized carbons (Fsp3) is 0.419. The van der Waals surface area contributed by atoms with Gasteiger partial charge in [-0.3, -0.25) is 0 Å². The second-order valence-corrected chi connectivity index (χ2v) is 21.3. The third-order valence-electron chi connectivity index (χ3n) is 13.5. The minimum absolute atomic E-state index is 0.510. The molecule has 0 fully saturated rings. The molecule has 0 unspecified atom stereocenters. The van der Waals surface area contributed by atoms with E-state index < -0.39 is 16.8 Å². The maximum absolute atomic E-state index is 7.07. The Labute approximate surface area is 442 Å². The van der Waals surface area contributed by atoms with Gasteiger partial charge in [-0.05, 0) is 160 Å². The van der Waals surface area contributed by atoms with E-state index in [1.165, 1.54) is 101 Å². The monoisotopic (exact) mass is 1040 g/mol. The molecule has 1 aromatic heterocycles. The van der Waals surface area contributed by atoms with Gasteiger partial charge in [-0.2, -0.15) is 0 Å². The van der Waals surface area contributed by atoms with Gasteiger partial charge in [0.2, 0.25) is 0 Å². The number of methoxy groups -OCH3 is 4. The number of rotatable bonds is 29. The normalized spacial score (nSPS) is 11.3. The van der Waals surface area contributed by atoms with Crippen LogP contribution < -0.4 is 37.0 Å². The van der Waals surface area contributed by atoms with Crippen LogP contribution in [0.2, 0.25) is 0 Å². The molecule has 0 saturated heterocycles. The van der Waals surface area contributed by atoms with Crippen LogP contribution in [0.25, 0.3) is 33.1 Å². The summed E-state index contributed by atoms with van der Waals surface area (Å²) in [6.07, 6.45) is 19.9. The number of ether oxygens (including phenoxy) is 4. The lowest BCUT2D eigenvalue weighted by atomic mass is 9.98. The van der Waals surface area contributed by atoms with Gasteiger partial charge in [0.15, 0.2) is 0 Å². The summed E-state index contributed by atoms with van der Waals surface area (Å²) in [7, 11) is 2.40. The van der Waals surface area contributed by atoms with Crippen molar-refractivity contribution >= 4 is 38.8 Å². The largest absolute Gasteiger partial charge is 0.530 e. The van der Waals surface area contributed by atoms with E-state index in [0.29, 0.717) is 68.3 Å². The summed E-state index contributed by atoms with van der Waals surface area (Å²) in [6.45, 7) is 12.5. The van der Waals surface area contributed by atoms with Crippen LogP contribution in [0.1, 0.15) is 137 Å². The van der Waals surface area contributed by atoms with Crippen LogP contribution in [0.4, 0.5) is 0 Å². The molecule has 0 spiro atoms. The number of hydrogen-bond acceptors (Lipinski definition) is 10. The van der Waals surface area contributed by atoms with Crippen LogP contribution in [0.15, 0.2) is 105 Å². The predicted octanol–water partition coefficient (Wildman–Crippen LogP) is 19.4. The SMILES string of the molecule is CCCCCCCCCc1ccc(OP(Oc2ccc(CCCCCCCCC)cc2)Oc2c(C)cc(OC)cc2-c2cc(OC)cc(C)c2Op2oc3c(C)cc(OC)cc3c3cc(OC)cc(C)c3o2)cc1. The molecule has 0 saturated carbocycles. The second kappa shape index (κ2) is 28.1. The maximum Gasteiger partial charge on any atom is 0.530 e. The van der Waals surface area contributed by atoms with Crippen LogP contribution in [-0.2, 0) is 12.8 Å². The summed E-state index contributed by atoms with van der Waals surface area (Å²) in [4.78, 5) is 0. The van der Waals surface area contributed by atoms with Crippen molar-refractivity contribution in [3.05, 3.63) is 130 Å². The zero-order valence-corrected chi connectivity index (χ0v) is 47.3. The van der Waals surface area contributed by atoms with Gasteiger partial charge in [0.05, 0.1) is 28.4 Å². The minimum atomic E-state index is -2.12. The van der Waals surface area contributed by atoms with Crippen LogP contribution in [0, 0.1) is 27.7 Å². The molecule has 74 heavy (non-hydrogen) atoms. The quantitative estimate of drug-likeness (QED) is 0.0333. The minimum Gasteiger partial charge on any atom is -0.497 e. The Morgan fingerprint density at radius 1 is 0.392 bits per heavy atom. The molecule has 0 aliphatic rings. The van der Waals surface area contributed by atoms with Crippen LogP contribution in [0.3, 0.4) is 0 Å². The first-order valence-electron chi connectivity index (χ1n) is 26.7. The van der Waals surface area contributed by atoms with Gasteiger partial charge in [0, 0.05) is 21.9 Å². The highest BCUT2D eigenvalue weighted by Gasteiger charge is 2.28. The first-order valence-corrected chi connectivity index (χ1v) is 28.8. The van der Waals surface area contributed by atoms with Gasteiger partial charge in [0.25, 0.3) is 0 Å². The van der Waals surface area contributed by atoms with E-state index in [2.05, 4.69) is 38.1 Å². The van der Waals surface area contributed by atoms with E-state index in [1.54, 1.807) is 28.4 Å². The Balaban J connectivity index is 1.26. The van der Waals surface area contributed by atoms with Crippen LogP contribution in [0.5, 0.6) is 46.0 Å². The van der Waals surface area contributed by atoms with Crippen LogP contribution >= 0.6 is 16.8 Å².